The minimum atomic E-state index is -0.941. The molecule has 1 atom stereocenters. The maximum Gasteiger partial charge on any atom is 0.327 e. The van der Waals surface area contributed by atoms with E-state index in [2.05, 4.69) is 5.32 Å². The molecule has 1 aliphatic carbocycles. The lowest BCUT2D eigenvalue weighted by Crippen LogP contribution is -2.47. The zero-order chi connectivity index (χ0) is 14.4. The number of carbonyl (C=O) groups is 2. The predicted octanol–water partition coefficient (Wildman–Crippen LogP) is 1.50. The van der Waals surface area contributed by atoms with Crippen LogP contribution in [0.5, 0.6) is 0 Å². The van der Waals surface area contributed by atoms with E-state index >= 15 is 0 Å². The molecule has 1 heterocycles. The SMILES string of the molecule is O=C(O)C1CSCN1C(=O)NCCOC1CCCCC1. The maximum atomic E-state index is 11.9. The fourth-order valence-corrected chi connectivity index (χ4v) is 3.71. The summed E-state index contributed by atoms with van der Waals surface area (Å²) in [5.41, 5.74) is 0. The Balaban J connectivity index is 1.63. The Morgan fingerprint density at radius 1 is 1.30 bits per heavy atom. The molecule has 0 aromatic rings. The summed E-state index contributed by atoms with van der Waals surface area (Å²) in [6, 6.07) is -1.02. The van der Waals surface area contributed by atoms with Crippen molar-refractivity contribution in [3.8, 4) is 0 Å². The first kappa shape index (κ1) is 15.4. The Bertz CT molecular complexity index is 347. The molecule has 0 spiro atoms. The molecule has 0 bridgehead atoms. The van der Waals surface area contributed by atoms with Crippen molar-refractivity contribution in [3.05, 3.63) is 0 Å². The number of carboxylic acid groups (broad SMARTS) is 1. The smallest absolute Gasteiger partial charge is 0.327 e. The second kappa shape index (κ2) is 7.73. The fraction of sp³-hybridized carbons (Fsp3) is 0.846. The van der Waals surface area contributed by atoms with E-state index in [-0.39, 0.29) is 6.03 Å². The Labute approximate surface area is 123 Å². The van der Waals surface area contributed by atoms with Crippen LogP contribution in [0.2, 0.25) is 0 Å². The number of urea groups is 1. The molecule has 2 aliphatic rings. The Morgan fingerprint density at radius 3 is 2.75 bits per heavy atom. The molecule has 1 unspecified atom stereocenters. The Morgan fingerprint density at radius 2 is 2.05 bits per heavy atom. The van der Waals surface area contributed by atoms with Gasteiger partial charge in [-0.05, 0) is 12.8 Å². The average Bonchev–Trinajstić information content (AvgIpc) is 2.94. The zero-order valence-electron chi connectivity index (χ0n) is 11.5. The Hall–Kier alpha value is -0.950. The van der Waals surface area contributed by atoms with Gasteiger partial charge in [-0.15, -0.1) is 11.8 Å². The minimum Gasteiger partial charge on any atom is -0.480 e. The van der Waals surface area contributed by atoms with Crippen LogP contribution in [0.1, 0.15) is 32.1 Å². The predicted molar refractivity (Wildman–Crippen MR) is 76.8 cm³/mol. The molecule has 1 saturated carbocycles. The Kier molecular flexibility index (Phi) is 5.97. The van der Waals surface area contributed by atoms with Crippen molar-refractivity contribution < 1.29 is 19.4 Å². The number of carbonyl (C=O) groups excluding carboxylic acids is 1. The molecule has 1 aliphatic heterocycles. The van der Waals surface area contributed by atoms with Gasteiger partial charge in [-0.25, -0.2) is 9.59 Å². The normalized spacial score (nSPS) is 23.8. The number of aliphatic carboxylic acids is 1. The van der Waals surface area contributed by atoms with Crippen LogP contribution in [0.15, 0.2) is 0 Å². The molecule has 2 fully saturated rings. The van der Waals surface area contributed by atoms with E-state index in [1.165, 1.54) is 35.9 Å². The molecule has 1 saturated heterocycles. The summed E-state index contributed by atoms with van der Waals surface area (Å²) in [6.45, 7) is 0.929. The second-order valence-corrected chi connectivity index (χ2v) is 6.19. The number of thioether (sulfide) groups is 1. The highest BCUT2D eigenvalue weighted by atomic mass is 32.2. The number of ether oxygens (including phenoxy) is 1. The average molecular weight is 302 g/mol. The topological polar surface area (TPSA) is 78.9 Å². The van der Waals surface area contributed by atoms with Crippen molar-refractivity contribution in [2.45, 2.75) is 44.2 Å². The highest BCUT2D eigenvalue weighted by Gasteiger charge is 2.34. The summed E-state index contributed by atoms with van der Waals surface area (Å²) < 4.78 is 5.72. The molecule has 0 radical (unpaired) electrons. The lowest BCUT2D eigenvalue weighted by molar-refractivity contribution is -0.140. The standard InChI is InChI=1S/C13H22N2O4S/c16-12(17)11-8-20-9-15(11)13(18)14-6-7-19-10-4-2-1-3-5-10/h10-11H,1-9H2,(H,14,18)(H,16,17). The highest BCUT2D eigenvalue weighted by molar-refractivity contribution is 7.99. The van der Waals surface area contributed by atoms with Gasteiger partial charge in [-0.2, -0.15) is 0 Å². The summed E-state index contributed by atoms with van der Waals surface area (Å²) in [5.74, 6) is -0.0447. The molecule has 6 nitrogen and oxygen atoms in total. The molecule has 2 rings (SSSR count). The third-order valence-electron chi connectivity index (χ3n) is 3.71. The molecule has 114 valence electrons. The van der Waals surface area contributed by atoms with Crippen molar-refractivity contribution in [3.63, 3.8) is 0 Å². The van der Waals surface area contributed by atoms with Gasteiger partial charge >= 0.3 is 12.0 Å². The van der Waals surface area contributed by atoms with Crippen molar-refractivity contribution in [2.24, 2.45) is 0 Å². The number of nitrogens with zero attached hydrogens (tertiary/aromatic N) is 1. The number of hydrogen-bond donors (Lipinski definition) is 2. The van der Waals surface area contributed by atoms with E-state index in [4.69, 9.17) is 9.84 Å². The van der Waals surface area contributed by atoms with E-state index in [9.17, 15) is 9.59 Å². The monoisotopic (exact) mass is 302 g/mol. The number of amides is 2. The quantitative estimate of drug-likeness (QED) is 0.753. The first-order valence-electron chi connectivity index (χ1n) is 7.15. The van der Waals surface area contributed by atoms with Gasteiger partial charge in [0.05, 0.1) is 18.6 Å². The number of rotatable bonds is 5. The van der Waals surface area contributed by atoms with Crippen LogP contribution >= 0.6 is 11.8 Å². The third kappa shape index (κ3) is 4.28. The second-order valence-electron chi connectivity index (χ2n) is 5.19. The van der Waals surface area contributed by atoms with Gasteiger partial charge in [0.2, 0.25) is 0 Å². The van der Waals surface area contributed by atoms with Gasteiger partial charge in [-0.3, -0.25) is 0 Å². The van der Waals surface area contributed by atoms with Crippen LogP contribution in [0.4, 0.5) is 4.79 Å². The third-order valence-corrected chi connectivity index (χ3v) is 4.72. The minimum absolute atomic E-state index is 0.311. The first-order valence-corrected chi connectivity index (χ1v) is 8.30. The van der Waals surface area contributed by atoms with Gasteiger partial charge in [0.1, 0.15) is 6.04 Å². The number of hydrogen-bond acceptors (Lipinski definition) is 4. The zero-order valence-corrected chi connectivity index (χ0v) is 12.4. The number of nitrogens with one attached hydrogen (secondary N) is 1. The van der Waals surface area contributed by atoms with Crippen LogP contribution in [0, 0.1) is 0 Å². The summed E-state index contributed by atoms with van der Waals surface area (Å²) in [7, 11) is 0. The van der Waals surface area contributed by atoms with Gasteiger partial charge in [-0.1, -0.05) is 19.3 Å². The molecule has 0 aromatic carbocycles. The van der Waals surface area contributed by atoms with E-state index in [1.54, 1.807) is 0 Å². The summed E-state index contributed by atoms with van der Waals surface area (Å²) >= 11 is 1.46. The molecule has 0 aromatic heterocycles. The van der Waals surface area contributed by atoms with Crippen molar-refractivity contribution in [1.29, 1.82) is 0 Å². The molecule has 7 heteroatoms. The fourth-order valence-electron chi connectivity index (χ4n) is 2.56. The highest BCUT2D eigenvalue weighted by Crippen LogP contribution is 2.21. The lowest BCUT2D eigenvalue weighted by atomic mass is 9.98. The largest absolute Gasteiger partial charge is 0.480 e. The van der Waals surface area contributed by atoms with E-state index < -0.39 is 12.0 Å². The van der Waals surface area contributed by atoms with Crippen LogP contribution in [-0.4, -0.2) is 58.9 Å². The number of carboxylic acids is 1. The summed E-state index contributed by atoms with van der Waals surface area (Å²) in [6.07, 6.45) is 6.29. The van der Waals surface area contributed by atoms with Gasteiger partial charge in [0, 0.05) is 12.3 Å². The van der Waals surface area contributed by atoms with E-state index in [0.717, 1.165) is 12.8 Å². The van der Waals surface area contributed by atoms with Crippen molar-refractivity contribution in [1.82, 2.24) is 10.2 Å². The molecule has 20 heavy (non-hydrogen) atoms. The van der Waals surface area contributed by atoms with Crippen molar-refractivity contribution in [2.75, 3.05) is 24.8 Å². The van der Waals surface area contributed by atoms with E-state index in [1.807, 2.05) is 0 Å². The molecular formula is C13H22N2O4S. The van der Waals surface area contributed by atoms with Crippen LogP contribution in [0.25, 0.3) is 0 Å². The van der Waals surface area contributed by atoms with Gasteiger partial charge in [0.25, 0.3) is 0 Å². The summed E-state index contributed by atoms with van der Waals surface area (Å²) in [5, 5.41) is 11.7. The van der Waals surface area contributed by atoms with Crippen LogP contribution < -0.4 is 5.32 Å². The molecule has 2 amide bonds. The molecular weight excluding hydrogens is 280 g/mol. The van der Waals surface area contributed by atoms with Crippen LogP contribution in [-0.2, 0) is 9.53 Å². The van der Waals surface area contributed by atoms with Gasteiger partial charge in [0.15, 0.2) is 0 Å². The van der Waals surface area contributed by atoms with Crippen molar-refractivity contribution >= 4 is 23.8 Å². The molecule has 2 N–H and O–H groups in total. The lowest BCUT2D eigenvalue weighted by Gasteiger charge is -2.23. The maximum absolute atomic E-state index is 11.9. The first-order chi connectivity index (χ1) is 9.68. The van der Waals surface area contributed by atoms with Crippen LogP contribution in [0.3, 0.4) is 0 Å². The van der Waals surface area contributed by atoms with E-state index in [0.29, 0.717) is 30.9 Å². The summed E-state index contributed by atoms with van der Waals surface area (Å²) in [4.78, 5) is 24.3. The van der Waals surface area contributed by atoms with Gasteiger partial charge < -0.3 is 20.1 Å².